The number of nitro groups is 1. The molecule has 0 atom stereocenters. The molecular weight excluding hydrogens is 478 g/mol. The molecular formula is C26H25N5O6. The molecule has 190 valence electrons. The molecule has 2 aromatic carbocycles. The van der Waals surface area contributed by atoms with Gasteiger partial charge in [0.1, 0.15) is 18.1 Å². The highest BCUT2D eigenvalue weighted by Crippen LogP contribution is 2.24. The van der Waals surface area contributed by atoms with Crippen molar-refractivity contribution in [3.8, 4) is 5.75 Å². The number of aryl methyl sites for hydroxylation is 2. The van der Waals surface area contributed by atoms with Gasteiger partial charge in [-0.25, -0.2) is 0 Å². The second-order valence-corrected chi connectivity index (χ2v) is 8.16. The van der Waals surface area contributed by atoms with Crippen LogP contribution in [0, 0.1) is 17.0 Å². The first kappa shape index (κ1) is 25.2. The molecule has 0 bridgehead atoms. The number of anilines is 1. The van der Waals surface area contributed by atoms with Crippen molar-refractivity contribution in [2.24, 2.45) is 0 Å². The number of ether oxygens (including phenoxy) is 1. The van der Waals surface area contributed by atoms with Gasteiger partial charge in [-0.15, -0.1) is 0 Å². The molecule has 0 saturated heterocycles. The van der Waals surface area contributed by atoms with Crippen molar-refractivity contribution < 1.29 is 23.7 Å². The first-order valence-corrected chi connectivity index (χ1v) is 11.5. The second-order valence-electron chi connectivity index (χ2n) is 8.16. The Kier molecular flexibility index (Phi) is 7.62. The van der Waals surface area contributed by atoms with Crippen LogP contribution in [0.15, 0.2) is 71.5 Å². The Labute approximate surface area is 212 Å². The summed E-state index contributed by atoms with van der Waals surface area (Å²) in [5.41, 5.74) is 1.98. The normalized spacial score (nSPS) is 10.6. The number of nitro benzene ring substituents is 1. The number of nitrogens with zero attached hydrogens (tertiary/aromatic N) is 3. The predicted molar refractivity (Wildman–Crippen MR) is 134 cm³/mol. The quantitative estimate of drug-likeness (QED) is 0.240. The summed E-state index contributed by atoms with van der Waals surface area (Å²) in [7, 11) is 0. The summed E-state index contributed by atoms with van der Waals surface area (Å²) in [6.45, 7) is 4.38. The highest BCUT2D eigenvalue weighted by molar-refractivity contribution is 6.08. The largest absolute Gasteiger partial charge is 0.489 e. The zero-order chi connectivity index (χ0) is 26.4. The van der Waals surface area contributed by atoms with E-state index in [0.717, 1.165) is 5.56 Å². The maximum absolute atomic E-state index is 13.0. The number of furan rings is 1. The third kappa shape index (κ3) is 6.20. The van der Waals surface area contributed by atoms with Crippen LogP contribution >= 0.6 is 0 Å². The molecule has 11 heteroatoms. The Morgan fingerprint density at radius 1 is 1.14 bits per heavy atom. The molecule has 11 nitrogen and oxygen atoms in total. The molecule has 2 N–H and O–H groups in total. The van der Waals surface area contributed by atoms with Crippen LogP contribution in [0.5, 0.6) is 5.75 Å². The molecule has 0 saturated carbocycles. The molecule has 37 heavy (non-hydrogen) atoms. The molecule has 4 aromatic rings. The first-order valence-electron chi connectivity index (χ1n) is 11.5. The zero-order valence-corrected chi connectivity index (χ0v) is 20.3. The van der Waals surface area contributed by atoms with Gasteiger partial charge in [-0.1, -0.05) is 12.1 Å². The van der Waals surface area contributed by atoms with Gasteiger partial charge in [-0.3, -0.25) is 24.4 Å². The summed E-state index contributed by atoms with van der Waals surface area (Å²) in [4.78, 5) is 36.3. The smallest absolute Gasteiger partial charge is 0.274 e. The van der Waals surface area contributed by atoms with Gasteiger partial charge in [0.15, 0.2) is 5.69 Å². The van der Waals surface area contributed by atoms with Crippen LogP contribution in [0.1, 0.15) is 44.7 Å². The van der Waals surface area contributed by atoms with Crippen LogP contribution in [0.3, 0.4) is 0 Å². The summed E-state index contributed by atoms with van der Waals surface area (Å²) in [6.07, 6.45) is 3.12. The molecule has 0 fully saturated rings. The number of carbonyl (C=O) groups excluding carboxylic acids is 2. The summed E-state index contributed by atoms with van der Waals surface area (Å²) in [6, 6.07) is 14.8. The Balaban J connectivity index is 1.43. The average molecular weight is 504 g/mol. The molecule has 0 spiro atoms. The first-order chi connectivity index (χ1) is 17.8. The van der Waals surface area contributed by atoms with Gasteiger partial charge < -0.3 is 19.8 Å². The Bertz CT molecular complexity index is 1430. The lowest BCUT2D eigenvalue weighted by Gasteiger charge is -2.09. The average Bonchev–Trinajstić information content (AvgIpc) is 3.56. The van der Waals surface area contributed by atoms with E-state index in [9.17, 15) is 19.7 Å². The fraction of sp³-hybridized carbons (Fsp3) is 0.192. The minimum Gasteiger partial charge on any atom is -0.489 e. The van der Waals surface area contributed by atoms with Crippen molar-refractivity contribution in [2.75, 3.05) is 5.32 Å². The van der Waals surface area contributed by atoms with Gasteiger partial charge in [-0.2, -0.15) is 5.10 Å². The van der Waals surface area contributed by atoms with E-state index in [1.807, 2.05) is 6.92 Å². The fourth-order valence-electron chi connectivity index (χ4n) is 3.59. The van der Waals surface area contributed by atoms with Gasteiger partial charge in [0.05, 0.1) is 23.4 Å². The van der Waals surface area contributed by atoms with Crippen LogP contribution in [-0.2, 0) is 19.7 Å². The Morgan fingerprint density at radius 3 is 2.68 bits per heavy atom. The molecule has 0 aliphatic rings. The van der Waals surface area contributed by atoms with Crippen molar-refractivity contribution in [3.63, 3.8) is 0 Å². The second kappa shape index (κ2) is 11.2. The topological polar surface area (TPSA) is 142 Å². The Hall–Kier alpha value is -4.93. The van der Waals surface area contributed by atoms with Gasteiger partial charge >= 0.3 is 0 Å². The number of hydrogen-bond acceptors (Lipinski definition) is 7. The minimum atomic E-state index is -0.445. The SMILES string of the molecule is CCn1cc(NC(=O)c2cccc(COc3ccc([N+](=O)[O-])c(C)c3)c2)c(C(=O)NCc2ccco2)n1. The van der Waals surface area contributed by atoms with Crippen molar-refractivity contribution in [1.29, 1.82) is 0 Å². The molecule has 2 aromatic heterocycles. The zero-order valence-electron chi connectivity index (χ0n) is 20.3. The lowest BCUT2D eigenvalue weighted by molar-refractivity contribution is -0.385. The lowest BCUT2D eigenvalue weighted by Crippen LogP contribution is -2.25. The van der Waals surface area contributed by atoms with E-state index in [4.69, 9.17) is 9.15 Å². The monoisotopic (exact) mass is 503 g/mol. The number of aromatic nitrogens is 2. The van der Waals surface area contributed by atoms with E-state index in [2.05, 4.69) is 15.7 Å². The standard InChI is InChI=1S/C26H25N5O6/c1-3-30-15-22(24(29-30)26(33)27-14-21-8-5-11-36-21)28-25(32)19-7-4-6-18(13-19)16-37-20-9-10-23(31(34)35)17(2)12-20/h4-13,15H,3,14,16H2,1-2H3,(H,27,33)(H,28,32). The van der Waals surface area contributed by atoms with Crippen LogP contribution in [0.25, 0.3) is 0 Å². The fourth-order valence-corrected chi connectivity index (χ4v) is 3.59. The van der Waals surface area contributed by atoms with E-state index in [1.165, 1.54) is 18.4 Å². The van der Waals surface area contributed by atoms with E-state index in [1.54, 1.807) is 60.3 Å². The molecule has 0 aliphatic heterocycles. The third-order valence-electron chi connectivity index (χ3n) is 5.51. The molecule has 2 amide bonds. The summed E-state index contributed by atoms with van der Waals surface area (Å²) >= 11 is 0. The predicted octanol–water partition coefficient (Wildman–Crippen LogP) is 4.47. The third-order valence-corrected chi connectivity index (χ3v) is 5.51. The highest BCUT2D eigenvalue weighted by atomic mass is 16.6. The van der Waals surface area contributed by atoms with Gasteiger partial charge in [0.2, 0.25) is 0 Å². The van der Waals surface area contributed by atoms with Crippen LogP contribution in [-0.4, -0.2) is 26.5 Å². The number of amides is 2. The molecule has 4 rings (SSSR count). The summed E-state index contributed by atoms with van der Waals surface area (Å²) in [5, 5.41) is 20.8. The van der Waals surface area contributed by atoms with Crippen molar-refractivity contribution in [1.82, 2.24) is 15.1 Å². The highest BCUT2D eigenvalue weighted by Gasteiger charge is 2.19. The number of nitrogens with one attached hydrogen (secondary N) is 2. The number of hydrogen-bond donors (Lipinski definition) is 2. The van der Waals surface area contributed by atoms with Crippen LogP contribution in [0.2, 0.25) is 0 Å². The molecule has 2 heterocycles. The maximum Gasteiger partial charge on any atom is 0.274 e. The van der Waals surface area contributed by atoms with Gasteiger partial charge in [0.25, 0.3) is 17.5 Å². The van der Waals surface area contributed by atoms with E-state index in [-0.39, 0.29) is 30.2 Å². The number of benzene rings is 2. The van der Waals surface area contributed by atoms with Crippen LogP contribution in [0.4, 0.5) is 11.4 Å². The number of carbonyl (C=O) groups is 2. The van der Waals surface area contributed by atoms with Gasteiger partial charge in [0, 0.05) is 29.9 Å². The number of rotatable bonds is 10. The summed E-state index contributed by atoms with van der Waals surface area (Å²) < 4.78 is 12.6. The maximum atomic E-state index is 13.0. The van der Waals surface area contributed by atoms with Crippen molar-refractivity contribution >= 4 is 23.2 Å². The Morgan fingerprint density at radius 2 is 1.97 bits per heavy atom. The van der Waals surface area contributed by atoms with Gasteiger partial charge in [-0.05, 0) is 55.8 Å². The van der Waals surface area contributed by atoms with Crippen molar-refractivity contribution in [2.45, 2.75) is 33.5 Å². The lowest BCUT2D eigenvalue weighted by atomic mass is 10.1. The van der Waals surface area contributed by atoms with E-state index >= 15 is 0 Å². The van der Waals surface area contributed by atoms with E-state index in [0.29, 0.717) is 29.2 Å². The van der Waals surface area contributed by atoms with E-state index < -0.39 is 16.7 Å². The van der Waals surface area contributed by atoms with Crippen molar-refractivity contribution in [3.05, 3.63) is 105 Å². The summed E-state index contributed by atoms with van der Waals surface area (Å²) in [5.74, 6) is 0.218. The molecule has 0 unspecified atom stereocenters. The van der Waals surface area contributed by atoms with Crippen LogP contribution < -0.4 is 15.4 Å². The minimum absolute atomic E-state index is 0.0198. The molecule has 0 radical (unpaired) electrons. The molecule has 0 aliphatic carbocycles.